The van der Waals surface area contributed by atoms with Gasteiger partial charge in [-0.2, -0.15) is 0 Å². The standard InChI is InChI=1S/C17H22N2O3/c20-16-10-14(12-19(16)15-6-8-22-9-7-15)17(21)18-11-13-4-2-1-3-5-13/h1-5,14-15H,6-12H2,(H,18,21). The molecule has 0 spiro atoms. The fraction of sp³-hybridized carbons (Fsp3) is 0.529. The van der Waals surface area contributed by atoms with Crippen LogP contribution in [0.4, 0.5) is 0 Å². The molecule has 2 heterocycles. The average molecular weight is 302 g/mol. The first-order chi connectivity index (χ1) is 10.7. The lowest BCUT2D eigenvalue weighted by atomic mass is 10.1. The highest BCUT2D eigenvalue weighted by Crippen LogP contribution is 2.25. The van der Waals surface area contributed by atoms with Crippen molar-refractivity contribution in [3.63, 3.8) is 0 Å². The quantitative estimate of drug-likeness (QED) is 0.913. The van der Waals surface area contributed by atoms with Gasteiger partial charge in [-0.05, 0) is 18.4 Å². The molecule has 2 amide bonds. The molecule has 2 aliphatic heterocycles. The predicted octanol–water partition coefficient (Wildman–Crippen LogP) is 1.33. The summed E-state index contributed by atoms with van der Waals surface area (Å²) < 4.78 is 5.34. The first kappa shape index (κ1) is 15.0. The molecule has 0 bridgehead atoms. The van der Waals surface area contributed by atoms with Gasteiger partial charge in [0.25, 0.3) is 0 Å². The lowest BCUT2D eigenvalue weighted by molar-refractivity contribution is -0.131. The molecule has 1 aromatic rings. The lowest BCUT2D eigenvalue weighted by Gasteiger charge is -2.31. The Morgan fingerprint density at radius 2 is 1.95 bits per heavy atom. The molecular weight excluding hydrogens is 280 g/mol. The van der Waals surface area contributed by atoms with Crippen LogP contribution >= 0.6 is 0 Å². The van der Waals surface area contributed by atoms with Gasteiger partial charge in [-0.3, -0.25) is 9.59 Å². The van der Waals surface area contributed by atoms with Crippen molar-refractivity contribution in [3.8, 4) is 0 Å². The Hall–Kier alpha value is -1.88. The van der Waals surface area contributed by atoms with Crippen molar-refractivity contribution in [2.45, 2.75) is 31.8 Å². The molecule has 1 unspecified atom stereocenters. The van der Waals surface area contributed by atoms with Gasteiger partial charge in [0.2, 0.25) is 11.8 Å². The Balaban J connectivity index is 1.52. The number of likely N-dealkylation sites (tertiary alicyclic amines) is 1. The van der Waals surface area contributed by atoms with Gasteiger partial charge in [0.1, 0.15) is 0 Å². The third-order valence-electron chi connectivity index (χ3n) is 4.47. The van der Waals surface area contributed by atoms with Gasteiger partial charge in [-0.25, -0.2) is 0 Å². The van der Waals surface area contributed by atoms with E-state index in [2.05, 4.69) is 5.32 Å². The van der Waals surface area contributed by atoms with Crippen molar-refractivity contribution in [1.29, 1.82) is 0 Å². The van der Waals surface area contributed by atoms with Crippen LogP contribution in [0.15, 0.2) is 30.3 Å². The fourth-order valence-electron chi connectivity index (χ4n) is 3.19. The summed E-state index contributed by atoms with van der Waals surface area (Å²) in [5.74, 6) is -0.141. The highest BCUT2D eigenvalue weighted by Gasteiger charge is 2.38. The van der Waals surface area contributed by atoms with Gasteiger partial charge in [-0.15, -0.1) is 0 Å². The van der Waals surface area contributed by atoms with Crippen molar-refractivity contribution >= 4 is 11.8 Å². The largest absolute Gasteiger partial charge is 0.381 e. The van der Waals surface area contributed by atoms with Crippen molar-refractivity contribution in [1.82, 2.24) is 10.2 Å². The summed E-state index contributed by atoms with van der Waals surface area (Å²) in [4.78, 5) is 26.3. The first-order valence-corrected chi connectivity index (χ1v) is 7.93. The van der Waals surface area contributed by atoms with Crippen molar-refractivity contribution in [2.24, 2.45) is 5.92 Å². The van der Waals surface area contributed by atoms with Crippen LogP contribution < -0.4 is 5.32 Å². The molecule has 0 aliphatic carbocycles. The molecule has 0 saturated carbocycles. The molecule has 1 atom stereocenters. The maximum Gasteiger partial charge on any atom is 0.225 e. The van der Waals surface area contributed by atoms with E-state index in [-0.39, 0.29) is 23.8 Å². The van der Waals surface area contributed by atoms with Crippen LogP contribution in [0.3, 0.4) is 0 Å². The zero-order valence-corrected chi connectivity index (χ0v) is 12.7. The monoisotopic (exact) mass is 302 g/mol. The molecule has 0 radical (unpaired) electrons. The minimum absolute atomic E-state index is 0.0215. The molecule has 3 rings (SSSR count). The lowest BCUT2D eigenvalue weighted by Crippen LogP contribution is -2.41. The molecule has 22 heavy (non-hydrogen) atoms. The first-order valence-electron chi connectivity index (χ1n) is 7.93. The SMILES string of the molecule is O=C(NCc1ccccc1)C1CC(=O)N(C2CCOCC2)C1. The fourth-order valence-corrected chi connectivity index (χ4v) is 3.19. The maximum atomic E-state index is 12.3. The van der Waals surface area contributed by atoms with Crippen LogP contribution in [-0.2, 0) is 20.9 Å². The molecule has 1 aromatic carbocycles. The van der Waals surface area contributed by atoms with Crippen molar-refractivity contribution in [2.75, 3.05) is 19.8 Å². The number of carbonyl (C=O) groups is 2. The third-order valence-corrected chi connectivity index (χ3v) is 4.47. The molecule has 2 fully saturated rings. The third kappa shape index (κ3) is 3.47. The minimum atomic E-state index is -0.223. The summed E-state index contributed by atoms with van der Waals surface area (Å²) in [6, 6.07) is 10.1. The second-order valence-electron chi connectivity index (χ2n) is 5.99. The number of nitrogens with one attached hydrogen (secondary N) is 1. The van der Waals surface area contributed by atoms with Crippen LogP contribution in [0, 0.1) is 5.92 Å². The maximum absolute atomic E-state index is 12.3. The van der Waals surface area contributed by atoms with Gasteiger partial charge in [-0.1, -0.05) is 30.3 Å². The van der Waals surface area contributed by atoms with E-state index >= 15 is 0 Å². The van der Waals surface area contributed by atoms with Gasteiger partial charge in [0.15, 0.2) is 0 Å². The number of ether oxygens (including phenoxy) is 1. The molecule has 5 nitrogen and oxygen atoms in total. The summed E-state index contributed by atoms with van der Waals surface area (Å²) >= 11 is 0. The summed E-state index contributed by atoms with van der Waals surface area (Å²) in [5, 5.41) is 2.94. The molecule has 5 heteroatoms. The molecule has 1 N–H and O–H groups in total. The van der Waals surface area contributed by atoms with E-state index in [1.807, 2.05) is 35.2 Å². The van der Waals surface area contributed by atoms with E-state index in [4.69, 9.17) is 4.74 Å². The van der Waals surface area contributed by atoms with Crippen molar-refractivity contribution in [3.05, 3.63) is 35.9 Å². The topological polar surface area (TPSA) is 58.6 Å². The molecule has 2 aliphatic rings. The minimum Gasteiger partial charge on any atom is -0.381 e. The van der Waals surface area contributed by atoms with E-state index in [1.54, 1.807) is 0 Å². The summed E-state index contributed by atoms with van der Waals surface area (Å²) in [5.41, 5.74) is 1.07. The Bertz CT molecular complexity index is 526. The Labute approximate surface area is 130 Å². The second kappa shape index (κ2) is 6.92. The molecule has 0 aromatic heterocycles. The molecule has 2 saturated heterocycles. The van der Waals surface area contributed by atoms with Gasteiger partial charge >= 0.3 is 0 Å². The number of benzene rings is 1. The number of nitrogens with zero attached hydrogens (tertiary/aromatic N) is 1. The highest BCUT2D eigenvalue weighted by atomic mass is 16.5. The Morgan fingerprint density at radius 1 is 1.23 bits per heavy atom. The van der Waals surface area contributed by atoms with Crippen LogP contribution in [-0.4, -0.2) is 42.5 Å². The summed E-state index contributed by atoms with van der Waals surface area (Å²) in [7, 11) is 0. The van der Waals surface area contributed by atoms with Crippen molar-refractivity contribution < 1.29 is 14.3 Å². The zero-order chi connectivity index (χ0) is 15.4. The second-order valence-corrected chi connectivity index (χ2v) is 5.99. The Morgan fingerprint density at radius 3 is 2.68 bits per heavy atom. The number of carbonyl (C=O) groups excluding carboxylic acids is 2. The van der Waals surface area contributed by atoms with Crippen LogP contribution in [0.1, 0.15) is 24.8 Å². The molecule has 118 valence electrons. The summed E-state index contributed by atoms with van der Waals surface area (Å²) in [6.07, 6.45) is 2.09. The van der Waals surface area contributed by atoms with Gasteiger partial charge < -0.3 is 15.0 Å². The van der Waals surface area contributed by atoms with E-state index in [9.17, 15) is 9.59 Å². The number of rotatable bonds is 4. The van der Waals surface area contributed by atoms with E-state index < -0.39 is 0 Å². The Kier molecular flexibility index (Phi) is 4.73. The molecular formula is C17H22N2O3. The van der Waals surface area contributed by atoms with Crippen LogP contribution in [0.25, 0.3) is 0 Å². The van der Waals surface area contributed by atoms with Gasteiger partial charge in [0.05, 0.1) is 5.92 Å². The number of amides is 2. The number of hydrogen-bond donors (Lipinski definition) is 1. The smallest absolute Gasteiger partial charge is 0.225 e. The van der Waals surface area contributed by atoms with E-state index in [1.165, 1.54) is 0 Å². The number of hydrogen-bond acceptors (Lipinski definition) is 3. The van der Waals surface area contributed by atoms with Crippen LogP contribution in [0.2, 0.25) is 0 Å². The zero-order valence-electron chi connectivity index (χ0n) is 12.7. The average Bonchev–Trinajstić information content (AvgIpc) is 2.96. The van der Waals surface area contributed by atoms with Crippen LogP contribution in [0.5, 0.6) is 0 Å². The summed E-state index contributed by atoms with van der Waals surface area (Å²) in [6.45, 7) is 2.48. The van der Waals surface area contributed by atoms with E-state index in [0.717, 1.165) is 18.4 Å². The normalized spacial score (nSPS) is 22.8. The predicted molar refractivity (Wildman–Crippen MR) is 81.9 cm³/mol. The van der Waals surface area contributed by atoms with Gasteiger partial charge in [0, 0.05) is 38.8 Å². The van der Waals surface area contributed by atoms with E-state index in [0.29, 0.717) is 32.7 Å². The highest BCUT2D eigenvalue weighted by molar-refractivity contribution is 5.89.